The molecule has 1 N–H and O–H groups in total. The van der Waals surface area contributed by atoms with Crippen LogP contribution < -0.4 is 5.32 Å². The summed E-state index contributed by atoms with van der Waals surface area (Å²) in [6, 6.07) is 9.29. The molecule has 0 fully saturated rings. The molecule has 1 rings (SSSR count). The predicted molar refractivity (Wildman–Crippen MR) is 67.6 cm³/mol. The van der Waals surface area contributed by atoms with Crippen LogP contribution in [0.1, 0.15) is 11.3 Å². The molecule has 5 heteroatoms. The molecule has 0 aliphatic carbocycles. The topological polar surface area (TPSA) is 47.6 Å². The predicted octanol–water partition coefficient (Wildman–Crippen LogP) is 2.39. The monoisotopic (exact) mass is 253 g/mol. The van der Waals surface area contributed by atoms with Crippen molar-refractivity contribution in [1.29, 1.82) is 0 Å². The minimum atomic E-state index is -3.25. The van der Waals surface area contributed by atoms with Gasteiger partial charge in [0.15, 0.2) is 0 Å². The maximum Gasteiger partial charge on any atom is 0.351 e. The molecule has 17 heavy (non-hydrogen) atoms. The number of terminal acetylenes is 1. The average Bonchev–Trinajstić information content (AvgIpc) is 2.40. The van der Waals surface area contributed by atoms with E-state index in [4.69, 9.17) is 15.5 Å². The highest BCUT2D eigenvalue weighted by molar-refractivity contribution is 7.54. The Hall–Kier alpha value is -1.11. The fraction of sp³-hybridized carbons (Fsp3) is 0.333. The molecule has 0 aliphatic rings. The van der Waals surface area contributed by atoms with Crippen molar-refractivity contribution in [1.82, 2.24) is 5.32 Å². The molecule has 0 heterocycles. The Morgan fingerprint density at radius 1 is 1.35 bits per heavy atom. The molecule has 1 atom stereocenters. The Kier molecular flexibility index (Phi) is 5.40. The van der Waals surface area contributed by atoms with Crippen molar-refractivity contribution in [2.45, 2.75) is 5.78 Å². The molecule has 4 nitrogen and oxygen atoms in total. The van der Waals surface area contributed by atoms with Crippen molar-refractivity contribution in [3.8, 4) is 12.3 Å². The van der Waals surface area contributed by atoms with Crippen LogP contribution in [0.5, 0.6) is 0 Å². The average molecular weight is 253 g/mol. The Labute approximate surface area is 102 Å². The summed E-state index contributed by atoms with van der Waals surface area (Å²) in [7, 11) is -0.532. The zero-order valence-corrected chi connectivity index (χ0v) is 10.8. The van der Waals surface area contributed by atoms with Crippen LogP contribution in [0.2, 0.25) is 0 Å². The summed E-state index contributed by atoms with van der Waals surface area (Å²) in [5.41, 5.74) is 0.815. The summed E-state index contributed by atoms with van der Waals surface area (Å²) in [5.74, 6) is 1.88. The van der Waals surface area contributed by atoms with Crippen molar-refractivity contribution in [3.05, 3.63) is 35.9 Å². The van der Waals surface area contributed by atoms with Gasteiger partial charge in [0.2, 0.25) is 0 Å². The first-order chi connectivity index (χ1) is 8.18. The summed E-state index contributed by atoms with van der Waals surface area (Å²) in [5, 5.41) is 2.98. The second kappa shape index (κ2) is 6.58. The van der Waals surface area contributed by atoms with Crippen molar-refractivity contribution in [3.63, 3.8) is 0 Å². The summed E-state index contributed by atoms with van der Waals surface area (Å²) in [6.45, 7) is 0.288. The van der Waals surface area contributed by atoms with Crippen molar-refractivity contribution in [2.75, 3.05) is 20.8 Å². The smallest absolute Gasteiger partial charge is 0.311 e. The van der Waals surface area contributed by atoms with Gasteiger partial charge in [0.05, 0.1) is 6.54 Å². The second-order valence-electron chi connectivity index (χ2n) is 3.30. The largest absolute Gasteiger partial charge is 0.351 e. The number of hydrogen-bond acceptors (Lipinski definition) is 4. The molecule has 92 valence electrons. The fourth-order valence-corrected chi connectivity index (χ4v) is 2.91. The van der Waals surface area contributed by atoms with E-state index in [-0.39, 0.29) is 6.54 Å². The van der Waals surface area contributed by atoms with Gasteiger partial charge >= 0.3 is 7.60 Å². The third kappa shape index (κ3) is 3.42. The van der Waals surface area contributed by atoms with E-state index < -0.39 is 13.4 Å². The number of rotatable bonds is 6. The second-order valence-corrected chi connectivity index (χ2v) is 5.63. The lowest BCUT2D eigenvalue weighted by Crippen LogP contribution is -2.23. The van der Waals surface area contributed by atoms with Gasteiger partial charge in [-0.25, -0.2) is 0 Å². The first-order valence-corrected chi connectivity index (χ1v) is 6.72. The maximum atomic E-state index is 12.4. The highest BCUT2D eigenvalue weighted by Crippen LogP contribution is 2.58. The van der Waals surface area contributed by atoms with Crippen molar-refractivity contribution >= 4 is 7.60 Å². The Morgan fingerprint density at radius 2 is 1.94 bits per heavy atom. The molecule has 1 aromatic carbocycles. The highest BCUT2D eigenvalue weighted by atomic mass is 31.2. The SMILES string of the molecule is C#CCNC(c1ccccc1)P(=O)(OC)OC. The molecule has 0 bridgehead atoms. The normalized spacial score (nSPS) is 13.0. The van der Waals surface area contributed by atoms with E-state index in [1.54, 1.807) is 0 Å². The lowest BCUT2D eigenvalue weighted by Gasteiger charge is -2.24. The van der Waals surface area contributed by atoms with Gasteiger partial charge in [-0.1, -0.05) is 36.3 Å². The number of nitrogens with one attached hydrogen (secondary N) is 1. The zero-order valence-electron chi connectivity index (χ0n) is 9.92. The molecule has 1 aromatic rings. The van der Waals surface area contributed by atoms with Crippen LogP contribution in [0.15, 0.2) is 30.3 Å². The van der Waals surface area contributed by atoms with Crippen LogP contribution in [0.25, 0.3) is 0 Å². The molecule has 0 spiro atoms. The standard InChI is InChI=1S/C12H16NO3P/c1-4-10-13-12(17(14,15-2)16-3)11-8-6-5-7-9-11/h1,5-9,12-13H,10H2,2-3H3. The number of benzene rings is 1. The molecule has 0 aliphatic heterocycles. The first-order valence-electron chi connectivity index (χ1n) is 5.11. The third-order valence-electron chi connectivity index (χ3n) is 2.34. The van der Waals surface area contributed by atoms with Crippen LogP contribution in [-0.2, 0) is 13.6 Å². The van der Waals surface area contributed by atoms with E-state index >= 15 is 0 Å². The van der Waals surface area contributed by atoms with Crippen LogP contribution in [0, 0.1) is 12.3 Å². The van der Waals surface area contributed by atoms with Crippen LogP contribution in [0.3, 0.4) is 0 Å². The van der Waals surface area contributed by atoms with Gasteiger partial charge in [-0.05, 0) is 5.56 Å². The van der Waals surface area contributed by atoms with E-state index in [1.165, 1.54) is 14.2 Å². The van der Waals surface area contributed by atoms with Crippen LogP contribution in [0.4, 0.5) is 0 Å². The quantitative estimate of drug-likeness (QED) is 0.624. The van der Waals surface area contributed by atoms with Gasteiger partial charge in [-0.2, -0.15) is 0 Å². The minimum Gasteiger partial charge on any atom is -0.311 e. The van der Waals surface area contributed by atoms with E-state index in [0.717, 1.165) is 5.56 Å². The van der Waals surface area contributed by atoms with Crippen molar-refractivity contribution in [2.24, 2.45) is 0 Å². The molecule has 0 amide bonds. The third-order valence-corrected chi connectivity index (χ3v) is 4.47. The molecule has 0 aromatic heterocycles. The molecule has 0 saturated heterocycles. The van der Waals surface area contributed by atoms with E-state index in [0.29, 0.717) is 0 Å². The maximum absolute atomic E-state index is 12.4. The van der Waals surface area contributed by atoms with Gasteiger partial charge < -0.3 is 9.05 Å². The molecule has 0 radical (unpaired) electrons. The van der Waals surface area contributed by atoms with E-state index in [2.05, 4.69) is 11.2 Å². The first kappa shape index (κ1) is 14.0. The minimum absolute atomic E-state index is 0.288. The summed E-state index contributed by atoms with van der Waals surface area (Å²) < 4.78 is 22.4. The van der Waals surface area contributed by atoms with Crippen LogP contribution >= 0.6 is 7.60 Å². The summed E-state index contributed by atoms with van der Waals surface area (Å²) in [4.78, 5) is 0. The molecular formula is C12H16NO3P. The molecular weight excluding hydrogens is 237 g/mol. The van der Waals surface area contributed by atoms with Gasteiger partial charge in [0, 0.05) is 14.2 Å². The van der Waals surface area contributed by atoms with E-state index in [9.17, 15) is 4.57 Å². The fourth-order valence-electron chi connectivity index (χ4n) is 1.49. The Bertz CT molecular complexity index is 419. The van der Waals surface area contributed by atoms with Gasteiger partial charge in [0.25, 0.3) is 0 Å². The lowest BCUT2D eigenvalue weighted by molar-refractivity contribution is 0.260. The molecule has 0 saturated carbocycles. The number of hydrogen-bond donors (Lipinski definition) is 1. The highest BCUT2D eigenvalue weighted by Gasteiger charge is 2.34. The molecule has 1 unspecified atom stereocenters. The van der Waals surface area contributed by atoms with Crippen LogP contribution in [-0.4, -0.2) is 20.8 Å². The van der Waals surface area contributed by atoms with Gasteiger partial charge in [-0.15, -0.1) is 6.42 Å². The summed E-state index contributed by atoms with van der Waals surface area (Å²) >= 11 is 0. The Morgan fingerprint density at radius 3 is 2.41 bits per heavy atom. The van der Waals surface area contributed by atoms with Crippen molar-refractivity contribution < 1.29 is 13.6 Å². The zero-order chi connectivity index (χ0) is 12.7. The van der Waals surface area contributed by atoms with Gasteiger partial charge in [-0.3, -0.25) is 9.88 Å². The summed E-state index contributed by atoms with van der Waals surface area (Å²) in [6.07, 6.45) is 5.20. The Balaban J connectivity index is 3.04. The lowest BCUT2D eigenvalue weighted by atomic mass is 10.2. The van der Waals surface area contributed by atoms with Gasteiger partial charge in [0.1, 0.15) is 5.78 Å². The van der Waals surface area contributed by atoms with E-state index in [1.807, 2.05) is 30.3 Å².